The van der Waals surface area contributed by atoms with Crippen molar-refractivity contribution in [1.29, 1.82) is 0 Å². The van der Waals surface area contributed by atoms with Crippen LogP contribution < -0.4 is 5.56 Å². The van der Waals surface area contributed by atoms with Crippen LogP contribution in [-0.4, -0.2) is 23.9 Å². The maximum atomic E-state index is 11.8. The van der Waals surface area contributed by atoms with E-state index >= 15 is 0 Å². The molecule has 2 rings (SSSR count). The average molecular weight is 259 g/mol. The molecular weight excluding hydrogens is 246 g/mol. The largest absolute Gasteiger partial charge is 0.465 e. The molecule has 1 heterocycles. The summed E-state index contributed by atoms with van der Waals surface area (Å²) in [5.74, 6) is -0.468. The summed E-state index contributed by atoms with van der Waals surface area (Å²) in [5.41, 5.74) is 1.48. The molecule has 5 nitrogen and oxygen atoms in total. The Morgan fingerprint density at radius 2 is 2.11 bits per heavy atom. The van der Waals surface area contributed by atoms with Crippen molar-refractivity contribution in [3.63, 3.8) is 0 Å². The molecule has 0 aliphatic rings. The number of nitrogens with zero attached hydrogens (tertiary/aromatic N) is 1. The van der Waals surface area contributed by atoms with Crippen LogP contribution >= 0.6 is 0 Å². The smallest absolute Gasteiger partial charge is 0.338 e. The van der Waals surface area contributed by atoms with Gasteiger partial charge in [0.15, 0.2) is 0 Å². The second-order valence-corrected chi connectivity index (χ2v) is 4.19. The monoisotopic (exact) mass is 259 g/mol. The Morgan fingerprint density at radius 1 is 1.37 bits per heavy atom. The number of aldehydes is 1. The molecule has 5 heteroatoms. The zero-order chi connectivity index (χ0) is 14.0. The number of pyridine rings is 1. The Hall–Kier alpha value is -2.43. The number of carbonyl (C=O) groups is 2. The normalized spacial score (nSPS) is 10.4. The lowest BCUT2D eigenvalue weighted by Gasteiger charge is -2.11. The Bertz CT molecular complexity index is 715. The number of hydrogen-bond acceptors (Lipinski definition) is 4. The van der Waals surface area contributed by atoms with E-state index < -0.39 is 5.97 Å². The van der Waals surface area contributed by atoms with E-state index in [0.717, 1.165) is 5.56 Å². The summed E-state index contributed by atoms with van der Waals surface area (Å²) in [6, 6.07) is 6.38. The van der Waals surface area contributed by atoms with Gasteiger partial charge in [0, 0.05) is 11.5 Å². The number of ether oxygens (including phenoxy) is 1. The fourth-order valence-electron chi connectivity index (χ4n) is 2.08. The molecular formula is C14H13NO4. The van der Waals surface area contributed by atoms with Crippen LogP contribution in [-0.2, 0) is 16.1 Å². The molecule has 0 atom stereocenters. The van der Waals surface area contributed by atoms with Gasteiger partial charge in [0.05, 0.1) is 24.7 Å². The van der Waals surface area contributed by atoms with Crippen LogP contribution in [0.1, 0.15) is 15.9 Å². The number of hydrogen-bond donors (Lipinski definition) is 0. The highest BCUT2D eigenvalue weighted by molar-refractivity contribution is 6.04. The highest BCUT2D eigenvalue weighted by Gasteiger charge is 2.13. The van der Waals surface area contributed by atoms with Crippen LogP contribution in [0.25, 0.3) is 10.9 Å². The minimum atomic E-state index is -0.468. The fraction of sp³-hybridized carbons (Fsp3) is 0.214. The predicted octanol–water partition coefficient (Wildman–Crippen LogP) is 1.30. The summed E-state index contributed by atoms with van der Waals surface area (Å²) in [7, 11) is 1.30. The van der Waals surface area contributed by atoms with E-state index in [9.17, 15) is 14.4 Å². The lowest BCUT2D eigenvalue weighted by molar-refractivity contribution is -0.108. The Kier molecular flexibility index (Phi) is 3.46. The van der Waals surface area contributed by atoms with Gasteiger partial charge >= 0.3 is 5.97 Å². The van der Waals surface area contributed by atoms with Gasteiger partial charge in [-0.15, -0.1) is 0 Å². The molecule has 0 saturated heterocycles. The molecule has 0 bridgehead atoms. The molecule has 0 aliphatic heterocycles. The van der Waals surface area contributed by atoms with Crippen LogP contribution in [0, 0.1) is 6.92 Å². The van der Waals surface area contributed by atoms with Crippen molar-refractivity contribution in [2.24, 2.45) is 0 Å². The van der Waals surface area contributed by atoms with Crippen molar-refractivity contribution in [2.75, 3.05) is 7.11 Å². The number of carbonyl (C=O) groups excluding carboxylic acids is 2. The number of rotatable bonds is 3. The van der Waals surface area contributed by atoms with E-state index in [1.807, 2.05) is 6.92 Å². The van der Waals surface area contributed by atoms with Crippen molar-refractivity contribution in [3.8, 4) is 0 Å². The fourth-order valence-corrected chi connectivity index (χ4v) is 2.08. The molecule has 0 amide bonds. The summed E-state index contributed by atoms with van der Waals surface area (Å²) < 4.78 is 6.07. The van der Waals surface area contributed by atoms with Crippen molar-refractivity contribution >= 4 is 23.2 Å². The molecule has 98 valence electrons. The minimum absolute atomic E-state index is 0.0414. The van der Waals surface area contributed by atoms with Gasteiger partial charge < -0.3 is 14.1 Å². The topological polar surface area (TPSA) is 65.4 Å². The van der Waals surface area contributed by atoms with Gasteiger partial charge in [-0.2, -0.15) is 0 Å². The Balaban J connectivity index is 2.88. The molecule has 1 aromatic carbocycles. The molecule has 0 spiro atoms. The molecule has 0 aliphatic carbocycles. The molecule has 1 aromatic heterocycles. The molecule has 0 fully saturated rings. The highest BCUT2D eigenvalue weighted by atomic mass is 16.5. The Morgan fingerprint density at radius 3 is 2.74 bits per heavy atom. The van der Waals surface area contributed by atoms with Crippen molar-refractivity contribution in [1.82, 2.24) is 4.57 Å². The van der Waals surface area contributed by atoms with Crippen LogP contribution in [0.2, 0.25) is 0 Å². The van der Waals surface area contributed by atoms with Crippen LogP contribution in [0.4, 0.5) is 0 Å². The van der Waals surface area contributed by atoms with Gasteiger partial charge in [-0.25, -0.2) is 4.79 Å². The second-order valence-electron chi connectivity index (χ2n) is 4.19. The van der Waals surface area contributed by atoms with Crippen molar-refractivity contribution in [2.45, 2.75) is 13.5 Å². The van der Waals surface area contributed by atoms with E-state index in [4.69, 9.17) is 4.74 Å². The summed E-state index contributed by atoms with van der Waals surface area (Å²) >= 11 is 0. The number of methoxy groups -OCH3 is 1. The highest BCUT2D eigenvalue weighted by Crippen LogP contribution is 2.20. The number of esters is 1. The van der Waals surface area contributed by atoms with E-state index in [2.05, 4.69) is 0 Å². The van der Waals surface area contributed by atoms with Crippen LogP contribution in [0.3, 0.4) is 0 Å². The maximum absolute atomic E-state index is 11.8. The van der Waals surface area contributed by atoms with Crippen molar-refractivity contribution in [3.05, 3.63) is 45.7 Å². The van der Waals surface area contributed by atoms with Gasteiger partial charge in [0.2, 0.25) is 0 Å². The SMILES string of the molecule is COC(=O)c1cc(C)cc2c1ccc(=O)n2CC=O. The molecule has 0 radical (unpaired) electrons. The maximum Gasteiger partial charge on any atom is 0.338 e. The third kappa shape index (κ3) is 2.27. The second kappa shape index (κ2) is 5.06. The standard InChI is InChI=1S/C14H13NO4/c1-9-7-11(14(18)19-2)10-3-4-13(17)15(5-6-16)12(10)8-9/h3-4,6-8H,5H2,1-2H3. The van der Waals surface area contributed by atoms with Gasteiger partial charge in [-0.3, -0.25) is 4.79 Å². The summed E-state index contributed by atoms with van der Waals surface area (Å²) in [4.78, 5) is 34.2. The van der Waals surface area contributed by atoms with E-state index in [0.29, 0.717) is 22.8 Å². The molecule has 0 N–H and O–H groups in total. The lowest BCUT2D eigenvalue weighted by Crippen LogP contribution is -2.20. The number of aryl methyl sites for hydroxylation is 1. The third-order valence-electron chi connectivity index (χ3n) is 2.91. The summed E-state index contributed by atoms with van der Waals surface area (Å²) in [6.45, 7) is 1.77. The number of aromatic nitrogens is 1. The minimum Gasteiger partial charge on any atom is -0.465 e. The third-order valence-corrected chi connectivity index (χ3v) is 2.91. The molecule has 0 unspecified atom stereocenters. The van der Waals surface area contributed by atoms with Gasteiger partial charge in [-0.1, -0.05) is 0 Å². The predicted molar refractivity (Wildman–Crippen MR) is 70.3 cm³/mol. The molecule has 0 saturated carbocycles. The number of fused-ring (bicyclic) bond motifs is 1. The number of benzene rings is 1. The van der Waals surface area contributed by atoms with E-state index in [-0.39, 0.29) is 12.1 Å². The van der Waals surface area contributed by atoms with E-state index in [1.54, 1.807) is 18.2 Å². The van der Waals surface area contributed by atoms with Crippen LogP contribution in [0.5, 0.6) is 0 Å². The quantitative estimate of drug-likeness (QED) is 0.615. The van der Waals surface area contributed by atoms with Gasteiger partial charge in [0.25, 0.3) is 5.56 Å². The zero-order valence-corrected chi connectivity index (χ0v) is 10.7. The van der Waals surface area contributed by atoms with E-state index in [1.165, 1.54) is 17.7 Å². The Labute approximate surface area is 109 Å². The first kappa shape index (κ1) is 13.0. The van der Waals surface area contributed by atoms with Gasteiger partial charge in [-0.05, 0) is 30.7 Å². The molecule has 2 aromatic rings. The summed E-state index contributed by atoms with van der Waals surface area (Å²) in [6.07, 6.45) is 0.654. The summed E-state index contributed by atoms with van der Waals surface area (Å²) in [5, 5.41) is 0.596. The first-order valence-corrected chi connectivity index (χ1v) is 5.74. The molecule has 19 heavy (non-hydrogen) atoms. The first-order chi connectivity index (χ1) is 9.08. The average Bonchev–Trinajstić information content (AvgIpc) is 2.40. The van der Waals surface area contributed by atoms with Crippen LogP contribution in [0.15, 0.2) is 29.1 Å². The van der Waals surface area contributed by atoms with Gasteiger partial charge in [0.1, 0.15) is 6.29 Å². The zero-order valence-electron chi connectivity index (χ0n) is 10.7. The lowest BCUT2D eigenvalue weighted by atomic mass is 10.0. The first-order valence-electron chi connectivity index (χ1n) is 5.74. The van der Waals surface area contributed by atoms with Crippen molar-refractivity contribution < 1.29 is 14.3 Å².